The molecule has 3 aliphatic rings. The summed E-state index contributed by atoms with van der Waals surface area (Å²) >= 11 is 0. The minimum atomic E-state index is 0.289. The van der Waals surface area contributed by atoms with Crippen LogP contribution in [0.15, 0.2) is 35.3 Å². The molecule has 2 saturated carbocycles. The molecule has 5 rings (SSSR count). The maximum Gasteiger partial charge on any atom is 0.192 e. The Morgan fingerprint density at radius 1 is 1.23 bits per heavy atom. The summed E-state index contributed by atoms with van der Waals surface area (Å²) in [5.41, 5.74) is 1.50. The molecule has 2 aromatic rings. The van der Waals surface area contributed by atoms with Crippen molar-refractivity contribution in [1.29, 1.82) is 0 Å². The Hall–Kier alpha value is -2.41. The van der Waals surface area contributed by atoms with Gasteiger partial charge in [-0.05, 0) is 31.7 Å². The van der Waals surface area contributed by atoms with Crippen molar-refractivity contribution in [3.05, 3.63) is 47.5 Å². The van der Waals surface area contributed by atoms with Crippen LogP contribution in [0.2, 0.25) is 0 Å². The predicted molar refractivity (Wildman–Crippen MR) is 116 cm³/mol. The standard InChI is InChI=1S/C23H32N6O/c1-16-27-28-19(29(16)2)15-25-22(24-14-17-8-4-3-5-9-17)26-20-18-10-13-30-21(18)23(20)11-6-7-12-23/h3-5,8-9,18,20-21H,6-7,10-15H2,1-2H3,(H2,24,25,26). The second-order valence-corrected chi connectivity index (χ2v) is 9.03. The van der Waals surface area contributed by atoms with E-state index in [-0.39, 0.29) is 5.41 Å². The lowest BCUT2D eigenvalue weighted by molar-refractivity contribution is -0.125. The first-order valence-corrected chi connectivity index (χ1v) is 11.2. The van der Waals surface area contributed by atoms with Crippen molar-refractivity contribution < 1.29 is 4.74 Å². The van der Waals surface area contributed by atoms with Gasteiger partial charge >= 0.3 is 0 Å². The van der Waals surface area contributed by atoms with Gasteiger partial charge in [-0.15, -0.1) is 10.2 Å². The largest absolute Gasteiger partial charge is 0.377 e. The summed E-state index contributed by atoms with van der Waals surface area (Å²) in [6, 6.07) is 10.8. The zero-order valence-corrected chi connectivity index (χ0v) is 18.0. The van der Waals surface area contributed by atoms with E-state index in [4.69, 9.17) is 9.73 Å². The van der Waals surface area contributed by atoms with Crippen molar-refractivity contribution in [3.63, 3.8) is 0 Å². The number of aryl methyl sites for hydroxylation is 1. The third-order valence-corrected chi connectivity index (χ3v) is 7.44. The highest BCUT2D eigenvalue weighted by Gasteiger charge is 2.65. The Labute approximate surface area is 178 Å². The molecule has 1 spiro atoms. The van der Waals surface area contributed by atoms with Gasteiger partial charge in [0.2, 0.25) is 0 Å². The predicted octanol–water partition coefficient (Wildman–Crippen LogP) is 2.71. The number of benzene rings is 1. The lowest BCUT2D eigenvalue weighted by Crippen LogP contribution is -2.69. The van der Waals surface area contributed by atoms with Gasteiger partial charge in [0.25, 0.3) is 0 Å². The van der Waals surface area contributed by atoms with E-state index in [2.05, 4.69) is 45.1 Å². The Morgan fingerprint density at radius 2 is 2.03 bits per heavy atom. The van der Waals surface area contributed by atoms with Crippen molar-refractivity contribution in [2.45, 2.75) is 64.3 Å². The van der Waals surface area contributed by atoms with Crippen LogP contribution in [0.4, 0.5) is 0 Å². The number of ether oxygens (including phenoxy) is 1. The lowest BCUT2D eigenvalue weighted by atomic mass is 9.54. The van der Waals surface area contributed by atoms with Gasteiger partial charge in [0.1, 0.15) is 5.82 Å². The maximum atomic E-state index is 6.16. The number of guanidine groups is 1. The molecule has 1 saturated heterocycles. The number of fused-ring (bicyclic) bond motifs is 2. The van der Waals surface area contributed by atoms with Gasteiger partial charge < -0.3 is 19.9 Å². The second kappa shape index (κ2) is 8.02. The van der Waals surface area contributed by atoms with Crippen LogP contribution in [0, 0.1) is 18.3 Å². The summed E-state index contributed by atoms with van der Waals surface area (Å²) in [4.78, 5) is 4.93. The van der Waals surface area contributed by atoms with Crippen LogP contribution in [0.5, 0.6) is 0 Å². The molecule has 160 valence electrons. The topological polar surface area (TPSA) is 76.4 Å². The average molecular weight is 409 g/mol. The van der Waals surface area contributed by atoms with Crippen LogP contribution in [-0.4, -0.2) is 39.5 Å². The first kappa shape index (κ1) is 19.5. The third-order valence-electron chi connectivity index (χ3n) is 7.44. The van der Waals surface area contributed by atoms with E-state index in [0.29, 0.717) is 31.2 Å². The van der Waals surface area contributed by atoms with Gasteiger partial charge in [0.05, 0.1) is 19.2 Å². The highest BCUT2D eigenvalue weighted by atomic mass is 16.5. The summed E-state index contributed by atoms with van der Waals surface area (Å²) in [5, 5.41) is 15.8. The average Bonchev–Trinajstić information content (AvgIpc) is 3.50. The van der Waals surface area contributed by atoms with Crippen molar-refractivity contribution in [2.75, 3.05) is 6.61 Å². The van der Waals surface area contributed by atoms with Crippen LogP contribution in [0.25, 0.3) is 0 Å². The molecule has 2 N–H and O–H groups in total. The van der Waals surface area contributed by atoms with Crippen LogP contribution >= 0.6 is 0 Å². The first-order chi connectivity index (χ1) is 14.7. The molecule has 3 unspecified atom stereocenters. The molecule has 7 heteroatoms. The number of hydrogen-bond donors (Lipinski definition) is 2. The van der Waals surface area contributed by atoms with Crippen molar-refractivity contribution in [1.82, 2.24) is 25.4 Å². The third kappa shape index (κ3) is 3.39. The van der Waals surface area contributed by atoms with E-state index in [0.717, 1.165) is 30.6 Å². The molecule has 3 fully saturated rings. The number of aliphatic imine (C=N–C) groups is 1. The van der Waals surface area contributed by atoms with Gasteiger partial charge in [-0.2, -0.15) is 0 Å². The summed E-state index contributed by atoms with van der Waals surface area (Å²) in [7, 11) is 2.00. The molecule has 1 aromatic carbocycles. The molecule has 30 heavy (non-hydrogen) atoms. The fraction of sp³-hybridized carbons (Fsp3) is 0.609. The summed E-state index contributed by atoms with van der Waals surface area (Å²) in [6.07, 6.45) is 6.74. The monoisotopic (exact) mass is 408 g/mol. The van der Waals surface area contributed by atoms with E-state index in [9.17, 15) is 0 Å². The summed E-state index contributed by atoms with van der Waals surface area (Å²) < 4.78 is 8.17. The van der Waals surface area contributed by atoms with Crippen molar-refractivity contribution in [2.24, 2.45) is 23.4 Å². The van der Waals surface area contributed by atoms with E-state index in [1.165, 1.54) is 31.2 Å². The van der Waals surface area contributed by atoms with Crippen LogP contribution in [-0.2, 0) is 24.9 Å². The zero-order valence-electron chi connectivity index (χ0n) is 18.0. The van der Waals surface area contributed by atoms with Gasteiger partial charge in [0, 0.05) is 31.0 Å². The Balaban J connectivity index is 1.34. The SMILES string of the molecule is Cc1nnc(CNC(=NCc2ccccc2)NC2C3CCOC3C23CCCC3)n1C. The molecular weight excluding hydrogens is 376 g/mol. The van der Waals surface area contributed by atoms with Crippen molar-refractivity contribution in [3.8, 4) is 0 Å². The smallest absolute Gasteiger partial charge is 0.192 e. The number of nitrogens with zero attached hydrogens (tertiary/aromatic N) is 4. The summed E-state index contributed by atoms with van der Waals surface area (Å²) in [6.45, 7) is 4.12. The summed E-state index contributed by atoms with van der Waals surface area (Å²) in [5.74, 6) is 3.29. The maximum absolute atomic E-state index is 6.16. The number of nitrogens with one attached hydrogen (secondary N) is 2. The quantitative estimate of drug-likeness (QED) is 0.588. The molecular formula is C23H32N6O. The Kier molecular flexibility index (Phi) is 5.23. The zero-order chi connectivity index (χ0) is 20.6. The fourth-order valence-corrected chi connectivity index (χ4v) is 5.73. The number of hydrogen-bond acceptors (Lipinski definition) is 4. The lowest BCUT2D eigenvalue weighted by Gasteiger charge is -2.57. The first-order valence-electron chi connectivity index (χ1n) is 11.2. The van der Waals surface area contributed by atoms with Crippen molar-refractivity contribution >= 4 is 5.96 Å². The Morgan fingerprint density at radius 3 is 2.77 bits per heavy atom. The molecule has 0 amide bonds. The number of aromatic nitrogens is 3. The van der Waals surface area contributed by atoms with Gasteiger partial charge in [-0.3, -0.25) is 0 Å². The molecule has 7 nitrogen and oxygen atoms in total. The molecule has 2 heterocycles. The second-order valence-electron chi connectivity index (χ2n) is 9.03. The normalized spacial score (nSPS) is 27.1. The minimum Gasteiger partial charge on any atom is -0.377 e. The molecule has 1 aliphatic heterocycles. The number of rotatable bonds is 5. The van der Waals surface area contributed by atoms with Crippen LogP contribution in [0.1, 0.15) is 49.3 Å². The van der Waals surface area contributed by atoms with Crippen LogP contribution in [0.3, 0.4) is 0 Å². The van der Waals surface area contributed by atoms with E-state index in [1.807, 2.05) is 24.6 Å². The van der Waals surface area contributed by atoms with Gasteiger partial charge in [-0.25, -0.2) is 4.99 Å². The molecule has 0 bridgehead atoms. The van der Waals surface area contributed by atoms with Gasteiger partial charge in [-0.1, -0.05) is 43.2 Å². The molecule has 0 radical (unpaired) electrons. The minimum absolute atomic E-state index is 0.289. The van der Waals surface area contributed by atoms with E-state index >= 15 is 0 Å². The molecule has 3 atom stereocenters. The molecule has 1 aromatic heterocycles. The highest BCUT2D eigenvalue weighted by Crippen LogP contribution is 2.60. The Bertz CT molecular complexity index is 902. The van der Waals surface area contributed by atoms with Gasteiger partial charge in [0.15, 0.2) is 11.8 Å². The van der Waals surface area contributed by atoms with Crippen LogP contribution < -0.4 is 10.6 Å². The fourth-order valence-electron chi connectivity index (χ4n) is 5.73. The van der Waals surface area contributed by atoms with E-state index < -0.39 is 0 Å². The van der Waals surface area contributed by atoms with E-state index in [1.54, 1.807) is 0 Å². The highest BCUT2D eigenvalue weighted by molar-refractivity contribution is 5.80. The molecule has 2 aliphatic carbocycles.